The Kier molecular flexibility index (Phi) is 4.46. The predicted octanol–water partition coefficient (Wildman–Crippen LogP) is 4.10. The zero-order valence-electron chi connectivity index (χ0n) is 13.0. The van der Waals surface area contributed by atoms with Crippen molar-refractivity contribution in [1.29, 1.82) is 0 Å². The maximum atomic E-state index is 12.4. The fraction of sp³-hybridized carbons (Fsp3) is 0.412. The minimum atomic E-state index is -0.180. The molecule has 112 valence electrons. The van der Waals surface area contributed by atoms with E-state index in [1.165, 1.54) is 0 Å². The second kappa shape index (κ2) is 6.12. The van der Waals surface area contributed by atoms with Crippen molar-refractivity contribution in [2.45, 2.75) is 45.4 Å². The molecule has 1 amide bonds. The number of carbonyl (C=O) groups is 1. The highest BCUT2D eigenvalue weighted by Gasteiger charge is 2.23. The molecule has 1 heterocycles. The Morgan fingerprint density at radius 3 is 2.48 bits per heavy atom. The van der Waals surface area contributed by atoms with Gasteiger partial charge < -0.3 is 9.84 Å². The van der Waals surface area contributed by atoms with Crippen LogP contribution in [0.3, 0.4) is 0 Å². The van der Waals surface area contributed by atoms with Gasteiger partial charge in [0.15, 0.2) is 5.82 Å². The number of amides is 1. The van der Waals surface area contributed by atoms with Gasteiger partial charge in [0.1, 0.15) is 5.76 Å². The highest BCUT2D eigenvalue weighted by atomic mass is 16.5. The monoisotopic (exact) mass is 286 g/mol. The molecule has 2 rings (SSSR count). The minimum absolute atomic E-state index is 0.0579. The number of benzene rings is 1. The van der Waals surface area contributed by atoms with E-state index in [-0.39, 0.29) is 17.2 Å². The highest BCUT2D eigenvalue weighted by Crippen LogP contribution is 2.26. The quantitative estimate of drug-likeness (QED) is 0.920. The highest BCUT2D eigenvalue weighted by molar-refractivity contribution is 5.95. The zero-order chi connectivity index (χ0) is 15.5. The van der Waals surface area contributed by atoms with E-state index in [4.69, 9.17) is 4.52 Å². The standard InChI is InChI=1S/C17H22N2O2/c1-5-13(12-9-7-6-8-10-12)16(20)18-15-11-14(21-19-15)17(2,3)4/h6-11,13H,5H2,1-4H3,(H,18,19,20)/t13-/m1/s1. The van der Waals surface area contributed by atoms with E-state index < -0.39 is 0 Å². The predicted molar refractivity (Wildman–Crippen MR) is 83.3 cm³/mol. The van der Waals surface area contributed by atoms with Crippen LogP contribution in [0.2, 0.25) is 0 Å². The summed E-state index contributed by atoms with van der Waals surface area (Å²) in [6, 6.07) is 11.6. The van der Waals surface area contributed by atoms with Crippen LogP contribution in [0.1, 0.15) is 51.4 Å². The molecule has 0 aliphatic heterocycles. The van der Waals surface area contributed by atoms with Gasteiger partial charge in [0, 0.05) is 11.5 Å². The molecule has 2 aromatic rings. The van der Waals surface area contributed by atoms with Crippen LogP contribution in [0.4, 0.5) is 5.82 Å². The molecule has 0 radical (unpaired) electrons. The molecule has 0 fully saturated rings. The van der Waals surface area contributed by atoms with Gasteiger partial charge in [-0.1, -0.05) is 63.2 Å². The summed E-state index contributed by atoms with van der Waals surface area (Å²) in [5.41, 5.74) is 0.886. The molecule has 1 N–H and O–H groups in total. The van der Waals surface area contributed by atoms with Gasteiger partial charge in [-0.3, -0.25) is 4.79 Å². The molecule has 1 aromatic heterocycles. The van der Waals surface area contributed by atoms with Crippen LogP contribution in [-0.2, 0) is 10.2 Å². The van der Waals surface area contributed by atoms with Crippen LogP contribution in [-0.4, -0.2) is 11.1 Å². The summed E-state index contributed by atoms with van der Waals surface area (Å²) >= 11 is 0. The molecule has 0 unspecified atom stereocenters. The minimum Gasteiger partial charge on any atom is -0.359 e. The molecule has 4 nitrogen and oxygen atoms in total. The lowest BCUT2D eigenvalue weighted by atomic mass is 9.93. The number of carbonyl (C=O) groups excluding carboxylic acids is 1. The Bertz CT molecular complexity index is 597. The number of aromatic nitrogens is 1. The van der Waals surface area contributed by atoms with Gasteiger partial charge in [0.05, 0.1) is 5.92 Å². The first-order valence-electron chi connectivity index (χ1n) is 7.25. The lowest BCUT2D eigenvalue weighted by Gasteiger charge is -2.14. The van der Waals surface area contributed by atoms with Gasteiger partial charge in [-0.25, -0.2) is 0 Å². The van der Waals surface area contributed by atoms with E-state index in [9.17, 15) is 4.79 Å². The van der Waals surface area contributed by atoms with Gasteiger partial charge in [0.25, 0.3) is 0 Å². The summed E-state index contributed by atoms with van der Waals surface area (Å²) in [7, 11) is 0. The van der Waals surface area contributed by atoms with Crippen molar-refractivity contribution in [3.63, 3.8) is 0 Å². The van der Waals surface area contributed by atoms with Crippen LogP contribution in [0.15, 0.2) is 40.9 Å². The first-order valence-corrected chi connectivity index (χ1v) is 7.25. The molecule has 0 spiro atoms. The maximum absolute atomic E-state index is 12.4. The van der Waals surface area contributed by atoms with Gasteiger partial charge in [0.2, 0.25) is 5.91 Å². The number of anilines is 1. The molecule has 0 bridgehead atoms. The summed E-state index contributed by atoms with van der Waals surface area (Å²) in [5, 5.41) is 6.77. The maximum Gasteiger partial charge on any atom is 0.233 e. The van der Waals surface area contributed by atoms with Crippen LogP contribution < -0.4 is 5.32 Å². The number of nitrogens with zero attached hydrogens (tertiary/aromatic N) is 1. The van der Waals surface area contributed by atoms with Gasteiger partial charge in [-0.05, 0) is 12.0 Å². The van der Waals surface area contributed by atoms with Crippen LogP contribution >= 0.6 is 0 Å². The molecule has 1 atom stereocenters. The Morgan fingerprint density at radius 1 is 1.29 bits per heavy atom. The summed E-state index contributed by atoms with van der Waals surface area (Å²) < 4.78 is 5.28. The summed E-state index contributed by atoms with van der Waals surface area (Å²) in [6.07, 6.45) is 0.736. The van der Waals surface area contributed by atoms with E-state index in [2.05, 4.69) is 10.5 Å². The molecule has 0 aliphatic carbocycles. The first kappa shape index (κ1) is 15.3. The average molecular weight is 286 g/mol. The Balaban J connectivity index is 2.11. The largest absolute Gasteiger partial charge is 0.359 e. The second-order valence-corrected chi connectivity index (χ2v) is 6.19. The summed E-state index contributed by atoms with van der Waals surface area (Å²) in [6.45, 7) is 8.12. The zero-order valence-corrected chi connectivity index (χ0v) is 13.0. The summed E-state index contributed by atoms with van der Waals surface area (Å²) in [5.74, 6) is 0.989. The molecule has 0 saturated heterocycles. The third-order valence-corrected chi connectivity index (χ3v) is 3.43. The molecule has 4 heteroatoms. The number of nitrogens with one attached hydrogen (secondary N) is 1. The number of hydrogen-bond acceptors (Lipinski definition) is 3. The average Bonchev–Trinajstić information content (AvgIpc) is 2.89. The Hall–Kier alpha value is -2.10. The van der Waals surface area contributed by atoms with Crippen LogP contribution in [0.25, 0.3) is 0 Å². The fourth-order valence-electron chi connectivity index (χ4n) is 2.16. The van der Waals surface area contributed by atoms with E-state index in [0.29, 0.717) is 5.82 Å². The number of rotatable bonds is 4. The Labute approximate surface area is 125 Å². The van der Waals surface area contributed by atoms with Gasteiger partial charge >= 0.3 is 0 Å². The first-order chi connectivity index (χ1) is 9.91. The number of hydrogen-bond donors (Lipinski definition) is 1. The SMILES string of the molecule is CC[C@@H](C(=O)Nc1cc(C(C)(C)C)on1)c1ccccc1. The summed E-state index contributed by atoms with van der Waals surface area (Å²) in [4.78, 5) is 12.4. The third kappa shape index (κ3) is 3.72. The van der Waals surface area contributed by atoms with E-state index in [1.807, 2.05) is 58.0 Å². The van der Waals surface area contributed by atoms with Crippen molar-refractivity contribution in [3.05, 3.63) is 47.7 Å². The normalized spacial score (nSPS) is 13.0. The molecule has 1 aromatic carbocycles. The van der Waals surface area contributed by atoms with Crippen molar-refractivity contribution in [1.82, 2.24) is 5.16 Å². The van der Waals surface area contributed by atoms with E-state index in [1.54, 1.807) is 6.07 Å². The van der Waals surface area contributed by atoms with Crippen LogP contribution in [0, 0.1) is 0 Å². The van der Waals surface area contributed by atoms with Crippen molar-refractivity contribution in [3.8, 4) is 0 Å². The van der Waals surface area contributed by atoms with Crippen molar-refractivity contribution in [2.24, 2.45) is 0 Å². The van der Waals surface area contributed by atoms with E-state index in [0.717, 1.165) is 17.7 Å². The third-order valence-electron chi connectivity index (χ3n) is 3.43. The van der Waals surface area contributed by atoms with Crippen molar-refractivity contribution < 1.29 is 9.32 Å². The molecule has 0 saturated carbocycles. The van der Waals surface area contributed by atoms with Crippen molar-refractivity contribution in [2.75, 3.05) is 5.32 Å². The lowest BCUT2D eigenvalue weighted by molar-refractivity contribution is -0.117. The smallest absolute Gasteiger partial charge is 0.233 e. The fourth-order valence-corrected chi connectivity index (χ4v) is 2.16. The van der Waals surface area contributed by atoms with E-state index >= 15 is 0 Å². The van der Waals surface area contributed by atoms with Crippen molar-refractivity contribution >= 4 is 11.7 Å². The Morgan fingerprint density at radius 2 is 1.95 bits per heavy atom. The lowest BCUT2D eigenvalue weighted by Crippen LogP contribution is -2.20. The molecule has 0 aliphatic rings. The van der Waals surface area contributed by atoms with Gasteiger partial charge in [-0.2, -0.15) is 0 Å². The molecule has 21 heavy (non-hydrogen) atoms. The topological polar surface area (TPSA) is 55.1 Å². The van der Waals surface area contributed by atoms with Gasteiger partial charge in [-0.15, -0.1) is 0 Å². The second-order valence-electron chi connectivity index (χ2n) is 6.19. The van der Waals surface area contributed by atoms with Crippen LogP contribution in [0.5, 0.6) is 0 Å². The molecular weight excluding hydrogens is 264 g/mol. The molecular formula is C17H22N2O2.